The van der Waals surface area contributed by atoms with Crippen LogP contribution < -0.4 is 0 Å². The van der Waals surface area contributed by atoms with Gasteiger partial charge in [-0.15, -0.1) is 5.10 Å². The van der Waals surface area contributed by atoms with Crippen molar-refractivity contribution >= 4 is 0 Å². The number of aliphatic hydroxyl groups is 1. The zero-order valence-corrected chi connectivity index (χ0v) is 10.3. The summed E-state index contributed by atoms with van der Waals surface area (Å²) in [6.45, 7) is 3.84. The average Bonchev–Trinajstić information content (AvgIpc) is 2.62. The van der Waals surface area contributed by atoms with Crippen LogP contribution in [0.4, 0.5) is 0 Å². The highest BCUT2D eigenvalue weighted by molar-refractivity contribution is 5.23. The van der Waals surface area contributed by atoms with Crippen LogP contribution in [0.5, 0.6) is 0 Å². The standard InChI is InChI=1S/C12H16N4O/c1-8-4-10(5-9(2)13-8)12(17)6-11-7-16(3)15-14-11/h4-5,7,12,17H,6H2,1-3H3. The molecule has 2 rings (SSSR count). The van der Waals surface area contributed by atoms with Gasteiger partial charge in [0.1, 0.15) is 0 Å². The largest absolute Gasteiger partial charge is 0.388 e. The number of aromatic nitrogens is 4. The first-order chi connectivity index (χ1) is 8.04. The third kappa shape index (κ3) is 2.88. The van der Waals surface area contributed by atoms with Gasteiger partial charge in [0.15, 0.2) is 0 Å². The van der Waals surface area contributed by atoms with Gasteiger partial charge in [0, 0.05) is 31.1 Å². The molecule has 0 spiro atoms. The predicted octanol–water partition coefficient (Wildman–Crippen LogP) is 1.10. The van der Waals surface area contributed by atoms with Crippen LogP contribution in [0, 0.1) is 13.8 Å². The SMILES string of the molecule is Cc1cc(C(O)Cc2cn(C)nn2)cc(C)n1. The van der Waals surface area contributed by atoms with Crippen molar-refractivity contribution in [3.63, 3.8) is 0 Å². The van der Waals surface area contributed by atoms with Gasteiger partial charge in [0.25, 0.3) is 0 Å². The third-order valence-electron chi connectivity index (χ3n) is 2.54. The first-order valence-corrected chi connectivity index (χ1v) is 5.53. The van der Waals surface area contributed by atoms with Gasteiger partial charge in [-0.05, 0) is 31.5 Å². The Kier molecular flexibility index (Phi) is 3.19. The molecule has 0 aromatic carbocycles. The van der Waals surface area contributed by atoms with Crippen LogP contribution in [0.15, 0.2) is 18.3 Å². The van der Waals surface area contributed by atoms with Crippen molar-refractivity contribution < 1.29 is 5.11 Å². The molecular formula is C12H16N4O. The molecule has 5 heteroatoms. The second-order valence-electron chi connectivity index (χ2n) is 4.29. The van der Waals surface area contributed by atoms with E-state index in [-0.39, 0.29) is 0 Å². The Balaban J connectivity index is 2.16. The molecule has 0 fully saturated rings. The molecule has 2 aromatic rings. The van der Waals surface area contributed by atoms with E-state index in [0.717, 1.165) is 22.6 Å². The lowest BCUT2D eigenvalue weighted by atomic mass is 10.0. The molecule has 0 aliphatic heterocycles. The maximum atomic E-state index is 10.1. The van der Waals surface area contributed by atoms with E-state index in [2.05, 4.69) is 15.3 Å². The van der Waals surface area contributed by atoms with Gasteiger partial charge in [0.05, 0.1) is 11.8 Å². The fourth-order valence-corrected chi connectivity index (χ4v) is 1.86. The highest BCUT2D eigenvalue weighted by atomic mass is 16.3. The average molecular weight is 232 g/mol. The molecule has 0 radical (unpaired) electrons. The number of rotatable bonds is 3. The monoisotopic (exact) mass is 232 g/mol. The molecule has 0 amide bonds. The van der Waals surface area contributed by atoms with Gasteiger partial charge in [-0.3, -0.25) is 9.67 Å². The molecule has 0 aliphatic carbocycles. The molecule has 2 aromatic heterocycles. The summed E-state index contributed by atoms with van der Waals surface area (Å²) in [5.74, 6) is 0. The van der Waals surface area contributed by atoms with Crippen molar-refractivity contribution in [3.05, 3.63) is 41.0 Å². The summed E-state index contributed by atoms with van der Waals surface area (Å²) in [5.41, 5.74) is 3.49. The van der Waals surface area contributed by atoms with Gasteiger partial charge >= 0.3 is 0 Å². The summed E-state index contributed by atoms with van der Waals surface area (Å²) < 4.78 is 1.63. The van der Waals surface area contributed by atoms with Gasteiger partial charge in [0.2, 0.25) is 0 Å². The lowest BCUT2D eigenvalue weighted by molar-refractivity contribution is 0.177. The molecule has 0 aliphatic rings. The molecule has 0 saturated carbocycles. The maximum Gasteiger partial charge on any atom is 0.0856 e. The van der Waals surface area contributed by atoms with E-state index >= 15 is 0 Å². The molecule has 90 valence electrons. The Bertz CT molecular complexity index is 501. The molecule has 1 N–H and O–H groups in total. The molecular weight excluding hydrogens is 216 g/mol. The van der Waals surface area contributed by atoms with Crippen molar-refractivity contribution in [2.24, 2.45) is 7.05 Å². The van der Waals surface area contributed by atoms with E-state index in [1.54, 1.807) is 4.68 Å². The van der Waals surface area contributed by atoms with Crippen molar-refractivity contribution in [1.82, 2.24) is 20.0 Å². The Hall–Kier alpha value is -1.75. The van der Waals surface area contributed by atoms with Crippen LogP contribution in [0.25, 0.3) is 0 Å². The second kappa shape index (κ2) is 4.63. The van der Waals surface area contributed by atoms with Crippen molar-refractivity contribution in [1.29, 1.82) is 0 Å². The minimum atomic E-state index is -0.563. The third-order valence-corrected chi connectivity index (χ3v) is 2.54. The summed E-state index contributed by atoms with van der Waals surface area (Å²) in [6, 6.07) is 3.79. The van der Waals surface area contributed by atoms with E-state index in [9.17, 15) is 5.11 Å². The fraction of sp³-hybridized carbons (Fsp3) is 0.417. The van der Waals surface area contributed by atoms with E-state index in [1.807, 2.05) is 39.2 Å². The van der Waals surface area contributed by atoms with Crippen molar-refractivity contribution in [2.75, 3.05) is 0 Å². The van der Waals surface area contributed by atoms with Crippen LogP contribution >= 0.6 is 0 Å². The van der Waals surface area contributed by atoms with Crippen LogP contribution in [-0.2, 0) is 13.5 Å². The Morgan fingerprint density at radius 3 is 2.47 bits per heavy atom. The summed E-state index contributed by atoms with van der Waals surface area (Å²) in [5, 5.41) is 17.9. The first-order valence-electron chi connectivity index (χ1n) is 5.53. The summed E-state index contributed by atoms with van der Waals surface area (Å²) in [6.07, 6.45) is 1.72. The van der Waals surface area contributed by atoms with Crippen LogP contribution in [-0.4, -0.2) is 25.1 Å². The highest BCUT2D eigenvalue weighted by Crippen LogP contribution is 2.18. The number of pyridine rings is 1. The van der Waals surface area contributed by atoms with Gasteiger partial charge in [-0.1, -0.05) is 5.21 Å². The van der Waals surface area contributed by atoms with Gasteiger partial charge in [-0.25, -0.2) is 0 Å². The molecule has 0 saturated heterocycles. The summed E-state index contributed by atoms with van der Waals surface area (Å²) in [7, 11) is 1.81. The highest BCUT2D eigenvalue weighted by Gasteiger charge is 2.12. The first kappa shape index (κ1) is 11.7. The van der Waals surface area contributed by atoms with Gasteiger partial charge in [-0.2, -0.15) is 0 Å². The van der Waals surface area contributed by atoms with Gasteiger partial charge < -0.3 is 5.11 Å². The number of hydrogen-bond acceptors (Lipinski definition) is 4. The van der Waals surface area contributed by atoms with E-state index in [0.29, 0.717) is 6.42 Å². The molecule has 17 heavy (non-hydrogen) atoms. The van der Waals surface area contributed by atoms with Crippen molar-refractivity contribution in [2.45, 2.75) is 26.4 Å². The van der Waals surface area contributed by atoms with Crippen LogP contribution in [0.2, 0.25) is 0 Å². The Labute approximate surface area is 100 Å². The zero-order chi connectivity index (χ0) is 12.4. The van der Waals surface area contributed by atoms with Crippen LogP contribution in [0.3, 0.4) is 0 Å². The number of aryl methyl sites for hydroxylation is 3. The smallest absolute Gasteiger partial charge is 0.0856 e. The van der Waals surface area contributed by atoms with E-state index < -0.39 is 6.10 Å². The number of hydrogen-bond donors (Lipinski definition) is 1. The summed E-state index contributed by atoms with van der Waals surface area (Å²) >= 11 is 0. The lowest BCUT2D eigenvalue weighted by Crippen LogP contribution is -2.04. The Morgan fingerprint density at radius 1 is 1.29 bits per heavy atom. The maximum absolute atomic E-state index is 10.1. The summed E-state index contributed by atoms with van der Waals surface area (Å²) in [4.78, 5) is 4.28. The minimum Gasteiger partial charge on any atom is -0.388 e. The fourth-order valence-electron chi connectivity index (χ4n) is 1.86. The van der Waals surface area contributed by atoms with E-state index in [1.165, 1.54) is 0 Å². The second-order valence-corrected chi connectivity index (χ2v) is 4.29. The quantitative estimate of drug-likeness (QED) is 0.860. The number of aliphatic hydroxyl groups excluding tert-OH is 1. The predicted molar refractivity (Wildman–Crippen MR) is 63.4 cm³/mol. The minimum absolute atomic E-state index is 0.469. The molecule has 0 bridgehead atoms. The number of nitrogens with zero attached hydrogens (tertiary/aromatic N) is 4. The van der Waals surface area contributed by atoms with Crippen LogP contribution in [0.1, 0.15) is 28.7 Å². The topological polar surface area (TPSA) is 63.8 Å². The molecule has 1 atom stereocenters. The van der Waals surface area contributed by atoms with Crippen molar-refractivity contribution in [3.8, 4) is 0 Å². The zero-order valence-electron chi connectivity index (χ0n) is 10.3. The molecule has 5 nitrogen and oxygen atoms in total. The lowest BCUT2D eigenvalue weighted by Gasteiger charge is -2.10. The Morgan fingerprint density at radius 2 is 1.94 bits per heavy atom. The molecule has 1 unspecified atom stereocenters. The normalized spacial score (nSPS) is 12.7. The van der Waals surface area contributed by atoms with E-state index in [4.69, 9.17) is 0 Å². The molecule has 2 heterocycles.